The summed E-state index contributed by atoms with van der Waals surface area (Å²) in [6.45, 7) is 10.7. The normalized spacial score (nSPS) is 8.80. The van der Waals surface area contributed by atoms with Crippen LogP contribution in [0.15, 0.2) is 24.3 Å². The van der Waals surface area contributed by atoms with Crippen LogP contribution >= 0.6 is 0 Å². The standard InChI is InChI=1S/C10H8/c1-3-9-7-5-6-8-10(9)4-2/h1-8H. The molecule has 1 aromatic rings. The topological polar surface area (TPSA) is 0 Å². The first-order valence-corrected chi connectivity index (χ1v) is 3.07. The number of benzene rings is 1. The molecule has 0 amide bonds. The molecule has 0 heteroatoms. The van der Waals surface area contributed by atoms with E-state index in [-0.39, 0.29) is 0 Å². The first-order chi connectivity index (χ1) is 4.88. The van der Waals surface area contributed by atoms with Gasteiger partial charge in [-0.3, -0.25) is 0 Å². The predicted octanol–water partition coefficient (Wildman–Crippen LogP) is 2.58. The Hall–Kier alpha value is -1.30. The minimum Gasteiger partial charge on any atom is -0.0616 e. The van der Waals surface area contributed by atoms with Crippen molar-refractivity contribution in [3.05, 3.63) is 48.6 Å². The largest absolute Gasteiger partial charge is 0.0616 e. The lowest BCUT2D eigenvalue weighted by atomic mass is 10.1. The van der Waals surface area contributed by atoms with E-state index in [0.29, 0.717) is 0 Å². The summed E-state index contributed by atoms with van der Waals surface area (Å²) in [6, 6.07) is 7.68. The molecule has 0 nitrogen and oxygen atoms in total. The first kappa shape index (κ1) is 6.81. The minimum atomic E-state index is 0.963. The van der Waals surface area contributed by atoms with Crippen LogP contribution < -0.4 is 0 Å². The Labute approximate surface area is 61.5 Å². The molecule has 0 fully saturated rings. The SMILES string of the molecule is [CH]=Cc1ccccc1C=[CH]. The molecule has 0 unspecified atom stereocenters. The maximum absolute atomic E-state index is 5.33. The zero-order valence-corrected chi connectivity index (χ0v) is 5.62. The van der Waals surface area contributed by atoms with E-state index in [1.807, 2.05) is 24.3 Å². The summed E-state index contributed by atoms with van der Waals surface area (Å²) in [6.07, 6.45) is 3.08. The maximum Gasteiger partial charge on any atom is -0.0184 e. The summed E-state index contributed by atoms with van der Waals surface area (Å²) >= 11 is 0. The van der Waals surface area contributed by atoms with Crippen molar-refractivity contribution in [3.63, 3.8) is 0 Å². The van der Waals surface area contributed by atoms with Crippen LogP contribution in [-0.4, -0.2) is 0 Å². The zero-order chi connectivity index (χ0) is 7.40. The van der Waals surface area contributed by atoms with Crippen molar-refractivity contribution in [3.8, 4) is 0 Å². The lowest BCUT2D eigenvalue weighted by Crippen LogP contribution is -1.76. The summed E-state index contributed by atoms with van der Waals surface area (Å²) in [5.74, 6) is 0. The van der Waals surface area contributed by atoms with Gasteiger partial charge in [0, 0.05) is 0 Å². The second kappa shape index (κ2) is 3.02. The van der Waals surface area contributed by atoms with E-state index < -0.39 is 0 Å². The summed E-state index contributed by atoms with van der Waals surface area (Å²) in [5.41, 5.74) is 1.93. The van der Waals surface area contributed by atoms with Gasteiger partial charge in [-0.05, 0) is 11.1 Å². The minimum absolute atomic E-state index is 0.963. The Morgan fingerprint density at radius 1 is 0.900 bits per heavy atom. The third-order valence-electron chi connectivity index (χ3n) is 1.36. The van der Waals surface area contributed by atoms with Crippen LogP contribution in [0.1, 0.15) is 11.1 Å². The van der Waals surface area contributed by atoms with Gasteiger partial charge in [-0.25, -0.2) is 0 Å². The highest BCUT2D eigenvalue weighted by molar-refractivity contribution is 5.61. The fourth-order valence-electron chi connectivity index (χ4n) is 0.814. The highest BCUT2D eigenvalue weighted by Crippen LogP contribution is 2.09. The molecule has 0 aliphatic carbocycles. The monoisotopic (exact) mass is 128 g/mol. The van der Waals surface area contributed by atoms with E-state index in [4.69, 9.17) is 13.2 Å². The molecule has 2 radical (unpaired) electrons. The molecule has 0 heterocycles. The Morgan fingerprint density at radius 2 is 1.30 bits per heavy atom. The molecule has 48 valence electrons. The molecular formula is C10H8. The van der Waals surface area contributed by atoms with Crippen LogP contribution in [0, 0.1) is 13.2 Å². The second-order valence-electron chi connectivity index (χ2n) is 1.96. The van der Waals surface area contributed by atoms with Crippen molar-refractivity contribution in [1.82, 2.24) is 0 Å². The number of rotatable bonds is 2. The number of hydrogen-bond acceptors (Lipinski definition) is 0. The van der Waals surface area contributed by atoms with Crippen LogP contribution in [0.3, 0.4) is 0 Å². The van der Waals surface area contributed by atoms with Crippen molar-refractivity contribution >= 4 is 12.2 Å². The quantitative estimate of drug-likeness (QED) is 0.574. The molecule has 0 aliphatic rings. The van der Waals surface area contributed by atoms with Crippen LogP contribution in [0.5, 0.6) is 0 Å². The Bertz CT molecular complexity index is 219. The molecule has 10 heavy (non-hydrogen) atoms. The van der Waals surface area contributed by atoms with Gasteiger partial charge >= 0.3 is 0 Å². The summed E-state index contributed by atoms with van der Waals surface area (Å²) in [7, 11) is 0. The molecule has 0 aliphatic heterocycles. The van der Waals surface area contributed by atoms with Gasteiger partial charge < -0.3 is 0 Å². The highest BCUT2D eigenvalue weighted by Gasteiger charge is 1.89. The molecule has 0 bridgehead atoms. The van der Waals surface area contributed by atoms with E-state index in [9.17, 15) is 0 Å². The predicted molar refractivity (Wildman–Crippen MR) is 44.0 cm³/mol. The van der Waals surface area contributed by atoms with Crippen molar-refractivity contribution in [1.29, 1.82) is 0 Å². The third kappa shape index (κ3) is 1.16. The van der Waals surface area contributed by atoms with Gasteiger partial charge in [-0.2, -0.15) is 0 Å². The highest BCUT2D eigenvalue weighted by atomic mass is 13.9. The fraction of sp³-hybridized carbons (Fsp3) is 0. The van der Waals surface area contributed by atoms with E-state index in [1.54, 1.807) is 12.2 Å². The van der Waals surface area contributed by atoms with Crippen LogP contribution in [0.25, 0.3) is 12.2 Å². The number of hydrogen-bond donors (Lipinski definition) is 0. The first-order valence-electron chi connectivity index (χ1n) is 3.07. The average molecular weight is 128 g/mol. The van der Waals surface area contributed by atoms with Gasteiger partial charge in [-0.1, -0.05) is 49.6 Å². The molecule has 1 aromatic carbocycles. The van der Waals surface area contributed by atoms with E-state index in [1.165, 1.54) is 0 Å². The van der Waals surface area contributed by atoms with Gasteiger partial charge in [0.2, 0.25) is 0 Å². The average Bonchev–Trinajstić information content (AvgIpc) is 2.04. The van der Waals surface area contributed by atoms with Crippen LogP contribution in [0.2, 0.25) is 0 Å². The fourth-order valence-corrected chi connectivity index (χ4v) is 0.814. The smallest absolute Gasteiger partial charge is 0.0184 e. The maximum atomic E-state index is 5.33. The molecular weight excluding hydrogens is 120 g/mol. The van der Waals surface area contributed by atoms with Crippen LogP contribution in [0.4, 0.5) is 0 Å². The van der Waals surface area contributed by atoms with Gasteiger partial charge in [-0.15, -0.1) is 0 Å². The summed E-state index contributed by atoms with van der Waals surface area (Å²) in [4.78, 5) is 0. The Morgan fingerprint density at radius 3 is 1.60 bits per heavy atom. The second-order valence-corrected chi connectivity index (χ2v) is 1.96. The molecule has 0 atom stereocenters. The third-order valence-corrected chi connectivity index (χ3v) is 1.36. The van der Waals surface area contributed by atoms with Crippen molar-refractivity contribution in [2.45, 2.75) is 0 Å². The van der Waals surface area contributed by atoms with Crippen molar-refractivity contribution < 1.29 is 0 Å². The van der Waals surface area contributed by atoms with E-state index in [0.717, 1.165) is 11.1 Å². The van der Waals surface area contributed by atoms with E-state index in [2.05, 4.69) is 0 Å². The summed E-state index contributed by atoms with van der Waals surface area (Å²) in [5, 5.41) is 0. The lowest BCUT2D eigenvalue weighted by Gasteiger charge is -1.96. The molecule has 0 saturated heterocycles. The van der Waals surface area contributed by atoms with Gasteiger partial charge in [0.05, 0.1) is 0 Å². The lowest BCUT2D eigenvalue weighted by molar-refractivity contribution is 1.62. The Balaban J connectivity index is 3.20. The molecule has 1 rings (SSSR count). The van der Waals surface area contributed by atoms with E-state index >= 15 is 0 Å². The van der Waals surface area contributed by atoms with Crippen molar-refractivity contribution in [2.24, 2.45) is 0 Å². The molecule has 0 N–H and O–H groups in total. The van der Waals surface area contributed by atoms with Gasteiger partial charge in [0.1, 0.15) is 0 Å². The van der Waals surface area contributed by atoms with Crippen LogP contribution in [-0.2, 0) is 0 Å². The molecule has 0 spiro atoms. The zero-order valence-electron chi connectivity index (χ0n) is 5.62. The van der Waals surface area contributed by atoms with Gasteiger partial charge in [0.25, 0.3) is 0 Å². The van der Waals surface area contributed by atoms with Crippen molar-refractivity contribution in [2.75, 3.05) is 0 Å². The molecule has 0 aromatic heterocycles. The van der Waals surface area contributed by atoms with Gasteiger partial charge in [0.15, 0.2) is 0 Å². The summed E-state index contributed by atoms with van der Waals surface area (Å²) < 4.78 is 0. The Kier molecular flexibility index (Phi) is 2.06. The molecule has 0 saturated carbocycles.